The molecule has 4 nitrogen and oxygen atoms in total. The highest BCUT2D eigenvalue weighted by Gasteiger charge is 2.29. The number of rotatable bonds is 9. The first-order chi connectivity index (χ1) is 14.4. The van der Waals surface area contributed by atoms with Gasteiger partial charge in [0, 0.05) is 17.0 Å². The molecule has 0 saturated heterocycles. The van der Waals surface area contributed by atoms with Gasteiger partial charge in [-0.25, -0.2) is 8.42 Å². The van der Waals surface area contributed by atoms with Crippen molar-refractivity contribution < 1.29 is 13.2 Å². The Bertz CT molecular complexity index is 988. The molecule has 0 bridgehead atoms. The second kappa shape index (κ2) is 9.29. The number of sulfone groups is 1. The fourth-order valence-corrected chi connectivity index (χ4v) is 6.35. The molecule has 162 valence electrons. The van der Waals surface area contributed by atoms with E-state index in [4.69, 9.17) is 22.1 Å². The summed E-state index contributed by atoms with van der Waals surface area (Å²) in [6, 6.07) is 14.3. The SMILES string of the molecule is NC1CCc2ccc(OCCCS(=O)(=O)CC3CC3)cc2C1Cc1cccc(Cl)c1. The van der Waals surface area contributed by atoms with Gasteiger partial charge in [-0.3, -0.25) is 0 Å². The summed E-state index contributed by atoms with van der Waals surface area (Å²) < 4.78 is 30.1. The number of hydrogen-bond donors (Lipinski definition) is 1. The molecule has 0 radical (unpaired) electrons. The topological polar surface area (TPSA) is 69.4 Å². The summed E-state index contributed by atoms with van der Waals surface area (Å²) in [5, 5.41) is 0.742. The van der Waals surface area contributed by atoms with E-state index in [1.54, 1.807) is 0 Å². The molecular formula is C24H30ClNO3S. The summed E-state index contributed by atoms with van der Waals surface area (Å²) in [6.45, 7) is 0.410. The first-order valence-corrected chi connectivity index (χ1v) is 13.1. The Balaban J connectivity index is 1.40. The van der Waals surface area contributed by atoms with E-state index in [0.29, 0.717) is 24.7 Å². The van der Waals surface area contributed by atoms with Gasteiger partial charge in [-0.05, 0) is 85.4 Å². The molecule has 2 atom stereocenters. The molecule has 2 aromatic rings. The third-order valence-electron chi connectivity index (χ3n) is 6.18. The van der Waals surface area contributed by atoms with Crippen LogP contribution < -0.4 is 10.5 Å². The minimum atomic E-state index is -2.95. The summed E-state index contributed by atoms with van der Waals surface area (Å²) >= 11 is 6.16. The zero-order valence-electron chi connectivity index (χ0n) is 17.2. The van der Waals surface area contributed by atoms with Gasteiger partial charge < -0.3 is 10.5 Å². The van der Waals surface area contributed by atoms with E-state index < -0.39 is 9.84 Å². The van der Waals surface area contributed by atoms with Crippen molar-refractivity contribution in [2.45, 2.75) is 50.5 Å². The Morgan fingerprint density at radius 2 is 1.93 bits per heavy atom. The molecular weight excluding hydrogens is 418 g/mol. The van der Waals surface area contributed by atoms with E-state index in [1.807, 2.05) is 24.3 Å². The summed E-state index contributed by atoms with van der Waals surface area (Å²) in [5.74, 6) is 1.96. The Morgan fingerprint density at radius 1 is 1.10 bits per heavy atom. The van der Waals surface area contributed by atoms with Crippen LogP contribution in [0.4, 0.5) is 0 Å². The van der Waals surface area contributed by atoms with Crippen molar-refractivity contribution in [3.05, 3.63) is 64.2 Å². The smallest absolute Gasteiger partial charge is 0.150 e. The van der Waals surface area contributed by atoms with Crippen LogP contribution in [-0.4, -0.2) is 32.6 Å². The Labute approximate surface area is 184 Å². The minimum absolute atomic E-state index is 0.0966. The molecule has 1 saturated carbocycles. The van der Waals surface area contributed by atoms with Crippen molar-refractivity contribution >= 4 is 21.4 Å². The van der Waals surface area contributed by atoms with Crippen LogP contribution >= 0.6 is 11.6 Å². The largest absolute Gasteiger partial charge is 0.494 e. The van der Waals surface area contributed by atoms with Crippen LogP contribution in [0.25, 0.3) is 0 Å². The average molecular weight is 448 g/mol. The fourth-order valence-electron chi connectivity index (χ4n) is 4.36. The van der Waals surface area contributed by atoms with E-state index in [0.717, 1.165) is 42.9 Å². The first kappa shape index (κ1) is 21.7. The third-order valence-corrected chi connectivity index (χ3v) is 8.31. The number of nitrogens with two attached hydrogens (primary N) is 1. The van der Waals surface area contributed by atoms with Crippen molar-refractivity contribution in [1.29, 1.82) is 0 Å². The van der Waals surface area contributed by atoms with Gasteiger partial charge in [0.1, 0.15) is 5.75 Å². The summed E-state index contributed by atoms with van der Waals surface area (Å²) in [4.78, 5) is 0. The highest BCUT2D eigenvalue weighted by molar-refractivity contribution is 7.91. The van der Waals surface area contributed by atoms with E-state index in [9.17, 15) is 8.42 Å². The van der Waals surface area contributed by atoms with Gasteiger partial charge in [0.25, 0.3) is 0 Å². The molecule has 0 aliphatic heterocycles. The summed E-state index contributed by atoms with van der Waals surface area (Å²) in [5.41, 5.74) is 10.3. The van der Waals surface area contributed by atoms with Gasteiger partial charge in [0.05, 0.1) is 18.1 Å². The van der Waals surface area contributed by atoms with Crippen LogP contribution in [0.2, 0.25) is 5.02 Å². The molecule has 0 aromatic heterocycles. The Morgan fingerprint density at radius 3 is 2.70 bits per heavy atom. The number of hydrogen-bond acceptors (Lipinski definition) is 4. The Kier molecular flexibility index (Phi) is 6.71. The van der Waals surface area contributed by atoms with Gasteiger partial charge >= 0.3 is 0 Å². The number of ether oxygens (including phenoxy) is 1. The van der Waals surface area contributed by atoms with Crippen molar-refractivity contribution in [2.75, 3.05) is 18.1 Å². The predicted octanol–water partition coefficient (Wildman–Crippen LogP) is 4.53. The minimum Gasteiger partial charge on any atom is -0.494 e. The van der Waals surface area contributed by atoms with Crippen LogP contribution in [0, 0.1) is 5.92 Å². The second-order valence-corrected chi connectivity index (χ2v) is 11.4. The maximum Gasteiger partial charge on any atom is 0.150 e. The van der Waals surface area contributed by atoms with Gasteiger partial charge in [0.15, 0.2) is 9.84 Å². The lowest BCUT2D eigenvalue weighted by Crippen LogP contribution is -2.34. The molecule has 2 aromatic carbocycles. The molecule has 30 heavy (non-hydrogen) atoms. The lowest BCUT2D eigenvalue weighted by molar-refractivity contribution is 0.316. The number of halogens is 1. The lowest BCUT2D eigenvalue weighted by Gasteiger charge is -2.32. The molecule has 0 spiro atoms. The summed E-state index contributed by atoms with van der Waals surface area (Å²) in [6.07, 6.45) is 5.43. The first-order valence-electron chi connectivity index (χ1n) is 10.9. The van der Waals surface area contributed by atoms with Crippen LogP contribution in [0.5, 0.6) is 5.75 Å². The quantitative estimate of drug-likeness (QED) is 0.573. The number of aryl methyl sites for hydroxylation is 1. The van der Waals surface area contributed by atoms with Crippen LogP contribution in [0.3, 0.4) is 0 Å². The predicted molar refractivity (Wildman–Crippen MR) is 122 cm³/mol. The van der Waals surface area contributed by atoms with E-state index in [1.165, 1.54) is 16.7 Å². The maximum atomic E-state index is 12.1. The van der Waals surface area contributed by atoms with Crippen LogP contribution in [0.15, 0.2) is 42.5 Å². The van der Waals surface area contributed by atoms with Crippen LogP contribution in [0.1, 0.15) is 48.3 Å². The normalized spacial score (nSPS) is 21.3. The lowest BCUT2D eigenvalue weighted by atomic mass is 9.76. The molecule has 2 N–H and O–H groups in total. The van der Waals surface area contributed by atoms with Gasteiger partial charge in [0.2, 0.25) is 0 Å². The van der Waals surface area contributed by atoms with E-state index in [-0.39, 0.29) is 17.7 Å². The molecule has 0 heterocycles. The maximum absolute atomic E-state index is 12.1. The van der Waals surface area contributed by atoms with Crippen molar-refractivity contribution in [1.82, 2.24) is 0 Å². The van der Waals surface area contributed by atoms with Crippen molar-refractivity contribution in [3.8, 4) is 5.75 Å². The van der Waals surface area contributed by atoms with Gasteiger partial charge in [-0.2, -0.15) is 0 Å². The van der Waals surface area contributed by atoms with Crippen LogP contribution in [-0.2, 0) is 22.7 Å². The average Bonchev–Trinajstić information content (AvgIpc) is 3.51. The zero-order chi connectivity index (χ0) is 21.1. The number of benzene rings is 2. The molecule has 2 aliphatic rings. The van der Waals surface area contributed by atoms with Gasteiger partial charge in [-0.15, -0.1) is 0 Å². The highest BCUT2D eigenvalue weighted by atomic mass is 35.5. The molecule has 0 amide bonds. The fraction of sp³-hybridized carbons (Fsp3) is 0.500. The van der Waals surface area contributed by atoms with Gasteiger partial charge in [-0.1, -0.05) is 29.8 Å². The summed E-state index contributed by atoms with van der Waals surface area (Å²) in [7, 11) is -2.95. The Hall–Kier alpha value is -1.56. The monoisotopic (exact) mass is 447 g/mol. The molecule has 2 unspecified atom stereocenters. The van der Waals surface area contributed by atoms with Crippen molar-refractivity contribution in [3.63, 3.8) is 0 Å². The highest BCUT2D eigenvalue weighted by Crippen LogP contribution is 2.36. The molecule has 1 fully saturated rings. The van der Waals surface area contributed by atoms with E-state index in [2.05, 4.69) is 18.2 Å². The molecule has 6 heteroatoms. The van der Waals surface area contributed by atoms with E-state index >= 15 is 0 Å². The number of fused-ring (bicyclic) bond motifs is 1. The van der Waals surface area contributed by atoms with Crippen molar-refractivity contribution in [2.24, 2.45) is 11.7 Å². The third kappa shape index (κ3) is 5.77. The zero-order valence-corrected chi connectivity index (χ0v) is 18.8. The molecule has 4 rings (SSSR count). The second-order valence-electron chi connectivity index (χ2n) is 8.76. The standard InChI is InChI=1S/C24H30ClNO3S/c25-20-4-1-3-18(13-20)14-23-22-15-21(9-7-19(22)8-10-24(23)26)29-11-2-12-30(27,28)16-17-5-6-17/h1,3-4,7,9,13,15,17,23-24H,2,5-6,8,10-12,14,16,26H2. The molecule has 2 aliphatic carbocycles.